The number of nitrogens with zero attached hydrogens (tertiary/aromatic N) is 1. The molecule has 0 bridgehead atoms. The summed E-state index contributed by atoms with van der Waals surface area (Å²) < 4.78 is 0. The Hall–Kier alpha value is -1.02. The van der Waals surface area contributed by atoms with Crippen molar-refractivity contribution in [1.82, 2.24) is 0 Å². The second-order valence-corrected chi connectivity index (χ2v) is 5.07. The molecule has 0 atom stereocenters. The Morgan fingerprint density at radius 1 is 1.38 bits per heavy atom. The van der Waals surface area contributed by atoms with Crippen LogP contribution in [0.1, 0.15) is 31.7 Å². The van der Waals surface area contributed by atoms with Gasteiger partial charge >= 0.3 is 0 Å². The molecule has 0 heterocycles. The van der Waals surface area contributed by atoms with Gasteiger partial charge < -0.3 is 10.6 Å². The van der Waals surface area contributed by atoms with E-state index in [-0.39, 0.29) is 5.54 Å². The molecule has 1 aliphatic carbocycles. The average molecular weight is 218 g/mol. The van der Waals surface area contributed by atoms with Crippen LogP contribution < -0.4 is 10.6 Å². The van der Waals surface area contributed by atoms with Crippen LogP contribution in [0.2, 0.25) is 0 Å². The standard InChI is InChI=1S/C14H22N2/c1-3-16(11-14(15)8-5-9-14)13-7-4-6-12(2)10-13/h4,6-7,10H,3,5,8-9,11,15H2,1-2H3. The molecular weight excluding hydrogens is 196 g/mol. The zero-order chi connectivity index (χ0) is 11.6. The second kappa shape index (κ2) is 4.46. The van der Waals surface area contributed by atoms with Crippen molar-refractivity contribution in [1.29, 1.82) is 0 Å². The van der Waals surface area contributed by atoms with Crippen molar-refractivity contribution < 1.29 is 0 Å². The fraction of sp³-hybridized carbons (Fsp3) is 0.571. The molecule has 0 radical (unpaired) electrons. The highest BCUT2D eigenvalue weighted by Crippen LogP contribution is 2.31. The van der Waals surface area contributed by atoms with E-state index < -0.39 is 0 Å². The lowest BCUT2D eigenvalue weighted by Gasteiger charge is -2.42. The average Bonchev–Trinajstić information content (AvgIpc) is 2.23. The van der Waals surface area contributed by atoms with Gasteiger partial charge in [0, 0.05) is 24.3 Å². The maximum Gasteiger partial charge on any atom is 0.0369 e. The van der Waals surface area contributed by atoms with E-state index in [4.69, 9.17) is 5.73 Å². The first-order valence-corrected chi connectivity index (χ1v) is 6.23. The third-order valence-corrected chi connectivity index (χ3v) is 3.60. The fourth-order valence-corrected chi connectivity index (χ4v) is 2.38. The van der Waals surface area contributed by atoms with Gasteiger partial charge in [-0.05, 0) is 50.8 Å². The first-order valence-electron chi connectivity index (χ1n) is 6.23. The van der Waals surface area contributed by atoms with Crippen LogP contribution >= 0.6 is 0 Å². The number of likely N-dealkylation sites (N-methyl/N-ethyl adjacent to an activating group) is 1. The summed E-state index contributed by atoms with van der Waals surface area (Å²) in [6.07, 6.45) is 3.65. The summed E-state index contributed by atoms with van der Waals surface area (Å²) in [6.45, 7) is 6.36. The van der Waals surface area contributed by atoms with Crippen LogP contribution in [0.3, 0.4) is 0 Å². The summed E-state index contributed by atoms with van der Waals surface area (Å²) in [5, 5.41) is 0. The molecule has 1 aromatic carbocycles. The van der Waals surface area contributed by atoms with Crippen molar-refractivity contribution in [3.63, 3.8) is 0 Å². The summed E-state index contributed by atoms with van der Waals surface area (Å²) in [4.78, 5) is 2.40. The monoisotopic (exact) mass is 218 g/mol. The van der Waals surface area contributed by atoms with E-state index in [1.165, 1.54) is 30.5 Å². The summed E-state index contributed by atoms with van der Waals surface area (Å²) in [5.74, 6) is 0. The van der Waals surface area contributed by atoms with Gasteiger partial charge in [-0.2, -0.15) is 0 Å². The molecule has 2 N–H and O–H groups in total. The Labute approximate surface area is 98.4 Å². The molecular formula is C14H22N2. The number of benzene rings is 1. The van der Waals surface area contributed by atoms with E-state index in [9.17, 15) is 0 Å². The molecule has 2 rings (SSSR count). The highest BCUT2D eigenvalue weighted by molar-refractivity contribution is 5.48. The van der Waals surface area contributed by atoms with Gasteiger partial charge in [-0.1, -0.05) is 12.1 Å². The smallest absolute Gasteiger partial charge is 0.0369 e. The number of anilines is 1. The lowest BCUT2D eigenvalue weighted by Crippen LogP contribution is -2.55. The molecule has 0 spiro atoms. The van der Waals surface area contributed by atoms with Gasteiger partial charge in [0.1, 0.15) is 0 Å². The summed E-state index contributed by atoms with van der Waals surface area (Å²) in [6, 6.07) is 8.68. The Morgan fingerprint density at radius 2 is 2.12 bits per heavy atom. The van der Waals surface area contributed by atoms with Gasteiger partial charge in [0.05, 0.1) is 0 Å². The molecule has 0 amide bonds. The van der Waals surface area contributed by atoms with E-state index in [2.05, 4.69) is 43.0 Å². The maximum absolute atomic E-state index is 6.31. The van der Waals surface area contributed by atoms with Gasteiger partial charge in [-0.25, -0.2) is 0 Å². The minimum Gasteiger partial charge on any atom is -0.370 e. The highest BCUT2D eigenvalue weighted by Gasteiger charge is 2.34. The molecule has 1 saturated carbocycles. The van der Waals surface area contributed by atoms with Gasteiger partial charge in [0.25, 0.3) is 0 Å². The molecule has 1 fully saturated rings. The minimum absolute atomic E-state index is 0.0692. The van der Waals surface area contributed by atoms with Crippen LogP contribution in [0.4, 0.5) is 5.69 Å². The quantitative estimate of drug-likeness (QED) is 0.842. The third kappa shape index (κ3) is 2.38. The van der Waals surface area contributed by atoms with Crippen LogP contribution in [0.5, 0.6) is 0 Å². The number of aryl methyl sites for hydroxylation is 1. The van der Waals surface area contributed by atoms with E-state index in [1.807, 2.05) is 0 Å². The van der Waals surface area contributed by atoms with Gasteiger partial charge in [0.15, 0.2) is 0 Å². The van der Waals surface area contributed by atoms with Crippen molar-refractivity contribution in [2.75, 3.05) is 18.0 Å². The first kappa shape index (κ1) is 11.5. The van der Waals surface area contributed by atoms with Crippen molar-refractivity contribution in [2.45, 2.75) is 38.6 Å². The Kier molecular flexibility index (Phi) is 3.20. The minimum atomic E-state index is 0.0692. The summed E-state index contributed by atoms with van der Waals surface area (Å²) in [7, 11) is 0. The van der Waals surface area contributed by atoms with Gasteiger partial charge in [-0.15, -0.1) is 0 Å². The third-order valence-electron chi connectivity index (χ3n) is 3.60. The summed E-state index contributed by atoms with van der Waals surface area (Å²) >= 11 is 0. The predicted octanol–water partition coefficient (Wildman–Crippen LogP) is 2.70. The van der Waals surface area contributed by atoms with E-state index in [1.54, 1.807) is 0 Å². The van der Waals surface area contributed by atoms with Crippen LogP contribution in [0.15, 0.2) is 24.3 Å². The predicted molar refractivity (Wildman–Crippen MR) is 69.8 cm³/mol. The largest absolute Gasteiger partial charge is 0.370 e. The zero-order valence-electron chi connectivity index (χ0n) is 10.4. The van der Waals surface area contributed by atoms with Crippen LogP contribution in [-0.2, 0) is 0 Å². The Bertz CT molecular complexity index is 356. The molecule has 1 aliphatic rings. The molecule has 2 heteroatoms. The molecule has 0 aliphatic heterocycles. The Balaban J connectivity index is 2.10. The molecule has 1 aromatic rings. The molecule has 0 aromatic heterocycles. The number of hydrogen-bond acceptors (Lipinski definition) is 2. The van der Waals surface area contributed by atoms with Crippen molar-refractivity contribution >= 4 is 5.69 Å². The van der Waals surface area contributed by atoms with Crippen LogP contribution in [-0.4, -0.2) is 18.6 Å². The molecule has 0 unspecified atom stereocenters. The molecule has 88 valence electrons. The van der Waals surface area contributed by atoms with E-state index >= 15 is 0 Å². The zero-order valence-corrected chi connectivity index (χ0v) is 10.4. The lowest BCUT2D eigenvalue weighted by atomic mass is 9.77. The van der Waals surface area contributed by atoms with Crippen molar-refractivity contribution in [3.05, 3.63) is 29.8 Å². The number of nitrogens with two attached hydrogens (primary N) is 1. The highest BCUT2D eigenvalue weighted by atomic mass is 15.1. The van der Waals surface area contributed by atoms with Crippen LogP contribution in [0, 0.1) is 6.92 Å². The van der Waals surface area contributed by atoms with E-state index in [0.29, 0.717) is 0 Å². The SMILES string of the molecule is CCN(CC1(N)CCC1)c1cccc(C)c1. The molecule has 16 heavy (non-hydrogen) atoms. The van der Waals surface area contributed by atoms with Crippen molar-refractivity contribution in [3.8, 4) is 0 Å². The normalized spacial score (nSPS) is 17.9. The second-order valence-electron chi connectivity index (χ2n) is 5.07. The number of hydrogen-bond donors (Lipinski definition) is 1. The van der Waals surface area contributed by atoms with Gasteiger partial charge in [-0.3, -0.25) is 0 Å². The molecule has 2 nitrogen and oxygen atoms in total. The summed E-state index contributed by atoms with van der Waals surface area (Å²) in [5.41, 5.74) is 9.00. The topological polar surface area (TPSA) is 29.3 Å². The van der Waals surface area contributed by atoms with Crippen molar-refractivity contribution in [2.24, 2.45) is 5.73 Å². The molecule has 0 saturated heterocycles. The first-order chi connectivity index (χ1) is 7.63. The van der Waals surface area contributed by atoms with Gasteiger partial charge in [0.2, 0.25) is 0 Å². The fourth-order valence-electron chi connectivity index (χ4n) is 2.38. The maximum atomic E-state index is 6.31. The number of rotatable bonds is 4. The lowest BCUT2D eigenvalue weighted by molar-refractivity contribution is 0.253. The Morgan fingerprint density at radius 3 is 2.62 bits per heavy atom. The van der Waals surface area contributed by atoms with Crippen LogP contribution in [0.25, 0.3) is 0 Å². The van der Waals surface area contributed by atoms with E-state index in [0.717, 1.165) is 13.1 Å².